The average molecular weight is 302 g/mol. The summed E-state index contributed by atoms with van der Waals surface area (Å²) >= 11 is 1.67. The molecule has 0 bridgehead atoms. The largest absolute Gasteiger partial charge is 0.493 e. The molecule has 2 unspecified atom stereocenters. The van der Waals surface area contributed by atoms with Gasteiger partial charge >= 0.3 is 0 Å². The first kappa shape index (κ1) is 15.4. The van der Waals surface area contributed by atoms with E-state index in [1.165, 1.54) is 4.88 Å². The van der Waals surface area contributed by atoms with Crippen molar-refractivity contribution in [2.24, 2.45) is 5.73 Å². The standard InChI is InChI=1S/C16H18N2O2S/c1-10-4-7-15(21-10)16(11(2)18)20-13-6-5-12(9-17)8-14(13)19-3/h4-8,11,16H,18H2,1-3H3. The molecule has 2 atom stereocenters. The predicted molar refractivity (Wildman–Crippen MR) is 83.8 cm³/mol. The highest BCUT2D eigenvalue weighted by Crippen LogP contribution is 2.35. The summed E-state index contributed by atoms with van der Waals surface area (Å²) in [6.07, 6.45) is -0.245. The van der Waals surface area contributed by atoms with Crippen LogP contribution in [0, 0.1) is 18.3 Å². The highest BCUT2D eigenvalue weighted by atomic mass is 32.1. The lowest BCUT2D eigenvalue weighted by atomic mass is 10.1. The molecule has 5 heteroatoms. The van der Waals surface area contributed by atoms with E-state index in [-0.39, 0.29) is 12.1 Å². The van der Waals surface area contributed by atoms with E-state index in [0.717, 1.165) is 4.88 Å². The Hall–Kier alpha value is -2.03. The first-order chi connectivity index (χ1) is 10.0. The van der Waals surface area contributed by atoms with E-state index in [2.05, 4.69) is 19.1 Å². The van der Waals surface area contributed by atoms with E-state index in [1.54, 1.807) is 36.6 Å². The Morgan fingerprint density at radius 1 is 1.24 bits per heavy atom. The van der Waals surface area contributed by atoms with Gasteiger partial charge < -0.3 is 15.2 Å². The Morgan fingerprint density at radius 2 is 2.00 bits per heavy atom. The van der Waals surface area contributed by atoms with Crippen LogP contribution in [0.1, 0.15) is 28.3 Å². The minimum absolute atomic E-state index is 0.164. The van der Waals surface area contributed by atoms with Crippen LogP contribution in [-0.2, 0) is 0 Å². The highest BCUT2D eigenvalue weighted by molar-refractivity contribution is 7.12. The molecule has 0 amide bonds. The summed E-state index contributed by atoms with van der Waals surface area (Å²) in [5, 5.41) is 8.93. The Labute approximate surface area is 128 Å². The zero-order chi connectivity index (χ0) is 15.4. The maximum absolute atomic E-state index is 8.93. The summed E-state index contributed by atoms with van der Waals surface area (Å²) in [6, 6.07) is 11.1. The van der Waals surface area contributed by atoms with Gasteiger partial charge in [0.05, 0.1) is 18.7 Å². The van der Waals surface area contributed by atoms with Crippen molar-refractivity contribution in [2.45, 2.75) is 26.0 Å². The predicted octanol–water partition coefficient (Wildman–Crippen LogP) is 3.40. The average Bonchev–Trinajstić information content (AvgIpc) is 2.90. The number of nitriles is 1. The maximum atomic E-state index is 8.93. The number of thiophene rings is 1. The van der Waals surface area contributed by atoms with Crippen molar-refractivity contribution in [1.82, 2.24) is 0 Å². The van der Waals surface area contributed by atoms with Gasteiger partial charge in [-0.15, -0.1) is 11.3 Å². The molecule has 0 aliphatic heterocycles. The minimum atomic E-state index is -0.245. The molecule has 2 aromatic rings. The summed E-state index contributed by atoms with van der Waals surface area (Å²) in [5.41, 5.74) is 6.59. The second-order valence-corrected chi connectivity index (χ2v) is 6.14. The van der Waals surface area contributed by atoms with E-state index in [1.807, 2.05) is 13.0 Å². The lowest BCUT2D eigenvalue weighted by Crippen LogP contribution is -2.28. The van der Waals surface area contributed by atoms with E-state index in [9.17, 15) is 0 Å². The topological polar surface area (TPSA) is 68.3 Å². The molecular formula is C16H18N2O2S. The van der Waals surface area contributed by atoms with Crippen LogP contribution >= 0.6 is 11.3 Å². The molecule has 0 aliphatic carbocycles. The Kier molecular flexibility index (Phi) is 4.84. The van der Waals surface area contributed by atoms with Crippen molar-refractivity contribution in [3.8, 4) is 17.6 Å². The van der Waals surface area contributed by atoms with Gasteiger partial charge in [0.1, 0.15) is 6.10 Å². The number of nitrogens with two attached hydrogens (primary N) is 1. The molecule has 0 fully saturated rings. The number of rotatable bonds is 5. The molecule has 4 nitrogen and oxygen atoms in total. The number of methoxy groups -OCH3 is 1. The van der Waals surface area contributed by atoms with Crippen molar-refractivity contribution < 1.29 is 9.47 Å². The zero-order valence-corrected chi connectivity index (χ0v) is 13.1. The Morgan fingerprint density at radius 3 is 2.52 bits per heavy atom. The van der Waals surface area contributed by atoms with Crippen LogP contribution in [-0.4, -0.2) is 13.2 Å². The van der Waals surface area contributed by atoms with Crippen molar-refractivity contribution in [1.29, 1.82) is 5.26 Å². The second-order valence-electron chi connectivity index (χ2n) is 4.82. The molecule has 1 aromatic heterocycles. The summed E-state index contributed by atoms with van der Waals surface area (Å²) in [7, 11) is 1.56. The van der Waals surface area contributed by atoms with Crippen molar-refractivity contribution in [2.75, 3.05) is 7.11 Å². The SMILES string of the molecule is COc1cc(C#N)ccc1OC(c1ccc(C)s1)C(C)N. The Balaban J connectivity index is 2.31. The van der Waals surface area contributed by atoms with E-state index in [0.29, 0.717) is 17.1 Å². The molecular weight excluding hydrogens is 284 g/mol. The number of aryl methyl sites for hydroxylation is 1. The number of nitrogens with zero attached hydrogens (tertiary/aromatic N) is 1. The second kappa shape index (κ2) is 6.61. The first-order valence-corrected chi connectivity index (χ1v) is 7.43. The summed E-state index contributed by atoms with van der Waals surface area (Å²) < 4.78 is 11.3. The van der Waals surface area contributed by atoms with Crippen molar-refractivity contribution >= 4 is 11.3 Å². The molecule has 1 heterocycles. The van der Waals surface area contributed by atoms with E-state index >= 15 is 0 Å². The van der Waals surface area contributed by atoms with Gasteiger partial charge in [0.25, 0.3) is 0 Å². The van der Waals surface area contributed by atoms with Gasteiger partial charge in [-0.3, -0.25) is 0 Å². The fraction of sp³-hybridized carbons (Fsp3) is 0.312. The summed E-state index contributed by atoms with van der Waals surface area (Å²) in [6.45, 7) is 3.96. The molecule has 110 valence electrons. The van der Waals surface area contributed by atoms with Crippen LogP contribution in [0.5, 0.6) is 11.5 Å². The lowest BCUT2D eigenvalue weighted by Gasteiger charge is -2.22. The van der Waals surface area contributed by atoms with Gasteiger partial charge in [-0.2, -0.15) is 5.26 Å². The lowest BCUT2D eigenvalue weighted by molar-refractivity contribution is 0.176. The molecule has 2 rings (SSSR count). The number of hydrogen-bond acceptors (Lipinski definition) is 5. The fourth-order valence-corrected chi connectivity index (χ4v) is 3.02. The van der Waals surface area contributed by atoms with Crippen LogP contribution in [0.2, 0.25) is 0 Å². The minimum Gasteiger partial charge on any atom is -0.493 e. The summed E-state index contributed by atoms with van der Waals surface area (Å²) in [5.74, 6) is 1.12. The van der Waals surface area contributed by atoms with Crippen molar-refractivity contribution in [3.05, 3.63) is 45.6 Å². The molecule has 2 N–H and O–H groups in total. The molecule has 0 saturated carbocycles. The highest BCUT2D eigenvalue weighted by Gasteiger charge is 2.21. The molecule has 0 radical (unpaired) electrons. The van der Waals surface area contributed by atoms with Gasteiger partial charge in [-0.05, 0) is 38.1 Å². The zero-order valence-electron chi connectivity index (χ0n) is 12.3. The van der Waals surface area contributed by atoms with Gasteiger partial charge in [0.2, 0.25) is 0 Å². The first-order valence-electron chi connectivity index (χ1n) is 6.62. The molecule has 0 saturated heterocycles. The van der Waals surface area contributed by atoms with E-state index in [4.69, 9.17) is 20.5 Å². The molecule has 21 heavy (non-hydrogen) atoms. The third-order valence-corrected chi connectivity index (χ3v) is 4.13. The van der Waals surface area contributed by atoms with Crippen LogP contribution < -0.4 is 15.2 Å². The van der Waals surface area contributed by atoms with Gasteiger partial charge in [0, 0.05) is 21.9 Å². The third-order valence-electron chi connectivity index (χ3n) is 3.07. The smallest absolute Gasteiger partial charge is 0.162 e. The number of benzene rings is 1. The Bertz CT molecular complexity index is 659. The molecule has 0 aliphatic rings. The number of hydrogen-bond donors (Lipinski definition) is 1. The molecule has 0 spiro atoms. The van der Waals surface area contributed by atoms with Crippen LogP contribution in [0.4, 0.5) is 0 Å². The third kappa shape index (κ3) is 3.54. The van der Waals surface area contributed by atoms with Crippen LogP contribution in [0.25, 0.3) is 0 Å². The molecule has 1 aromatic carbocycles. The van der Waals surface area contributed by atoms with Crippen LogP contribution in [0.3, 0.4) is 0 Å². The van der Waals surface area contributed by atoms with Gasteiger partial charge in [-0.1, -0.05) is 0 Å². The van der Waals surface area contributed by atoms with E-state index < -0.39 is 0 Å². The maximum Gasteiger partial charge on any atom is 0.162 e. The number of ether oxygens (including phenoxy) is 2. The monoisotopic (exact) mass is 302 g/mol. The quantitative estimate of drug-likeness (QED) is 0.919. The fourth-order valence-electron chi connectivity index (χ4n) is 2.00. The van der Waals surface area contributed by atoms with Crippen LogP contribution in [0.15, 0.2) is 30.3 Å². The summed E-state index contributed by atoms with van der Waals surface area (Å²) in [4.78, 5) is 2.29. The normalized spacial score (nSPS) is 13.3. The van der Waals surface area contributed by atoms with Gasteiger partial charge in [0.15, 0.2) is 11.5 Å². The van der Waals surface area contributed by atoms with Gasteiger partial charge in [-0.25, -0.2) is 0 Å². The van der Waals surface area contributed by atoms with Crippen molar-refractivity contribution in [3.63, 3.8) is 0 Å².